The third-order valence-electron chi connectivity index (χ3n) is 6.60. The standard InChI is InChI=1S/C27H46O11/c1-3-4-5-6-10-14-20(37-27-26(35)25(34)24(33)21(17-28)38-27)16-23(32)36-19(15-22(30)31)13-11-8-7-9-12-18(2)29/h17,19-21,24-27,33-35H,3-16H2,1-2H3,(H,30,31). The van der Waals surface area contributed by atoms with Gasteiger partial charge >= 0.3 is 11.9 Å². The van der Waals surface area contributed by atoms with E-state index in [-0.39, 0.29) is 18.6 Å². The van der Waals surface area contributed by atoms with Crippen LogP contribution < -0.4 is 0 Å². The summed E-state index contributed by atoms with van der Waals surface area (Å²) in [5.41, 5.74) is 0. The maximum Gasteiger partial charge on any atom is 0.308 e. The second kappa shape index (κ2) is 19.2. The predicted octanol–water partition coefficient (Wildman–Crippen LogP) is 2.44. The molecule has 1 saturated heterocycles. The Balaban J connectivity index is 2.74. The van der Waals surface area contributed by atoms with Gasteiger partial charge in [0.05, 0.1) is 18.9 Å². The van der Waals surface area contributed by atoms with E-state index in [0.717, 1.165) is 44.9 Å². The van der Waals surface area contributed by atoms with Crippen LogP contribution in [0.15, 0.2) is 0 Å². The topological polar surface area (TPSA) is 177 Å². The highest BCUT2D eigenvalue weighted by Crippen LogP contribution is 2.25. The number of rotatable bonds is 21. The van der Waals surface area contributed by atoms with Crippen LogP contribution in [0.2, 0.25) is 0 Å². The molecule has 11 nitrogen and oxygen atoms in total. The molecule has 11 heteroatoms. The lowest BCUT2D eigenvalue weighted by molar-refractivity contribution is -0.299. The van der Waals surface area contributed by atoms with Crippen LogP contribution in [0.5, 0.6) is 0 Å². The zero-order valence-electron chi connectivity index (χ0n) is 22.7. The zero-order valence-corrected chi connectivity index (χ0v) is 22.7. The molecule has 0 saturated carbocycles. The molecule has 220 valence electrons. The van der Waals surface area contributed by atoms with Gasteiger partial charge in [-0.05, 0) is 32.6 Å². The Morgan fingerprint density at radius 1 is 0.842 bits per heavy atom. The molecule has 1 heterocycles. The lowest BCUT2D eigenvalue weighted by Crippen LogP contribution is -2.59. The lowest BCUT2D eigenvalue weighted by Gasteiger charge is -2.39. The van der Waals surface area contributed by atoms with Gasteiger partial charge in [-0.25, -0.2) is 0 Å². The summed E-state index contributed by atoms with van der Waals surface area (Å²) in [4.78, 5) is 46.3. The molecule has 7 unspecified atom stereocenters. The second-order valence-corrected chi connectivity index (χ2v) is 10.1. The second-order valence-electron chi connectivity index (χ2n) is 10.1. The van der Waals surface area contributed by atoms with Gasteiger partial charge in [0, 0.05) is 6.42 Å². The minimum atomic E-state index is -1.67. The first-order valence-electron chi connectivity index (χ1n) is 13.8. The maximum absolute atomic E-state index is 12.8. The van der Waals surface area contributed by atoms with Crippen LogP contribution in [0.1, 0.15) is 104 Å². The minimum Gasteiger partial charge on any atom is -0.481 e. The van der Waals surface area contributed by atoms with Crippen molar-refractivity contribution in [1.82, 2.24) is 0 Å². The van der Waals surface area contributed by atoms with Crippen molar-refractivity contribution in [3.63, 3.8) is 0 Å². The third kappa shape index (κ3) is 13.7. The number of aliphatic carboxylic acids is 1. The first kappa shape index (κ1) is 34.1. The number of carbonyl (C=O) groups excluding carboxylic acids is 3. The summed E-state index contributed by atoms with van der Waals surface area (Å²) >= 11 is 0. The van der Waals surface area contributed by atoms with E-state index in [1.54, 1.807) is 0 Å². The van der Waals surface area contributed by atoms with Gasteiger partial charge in [0.1, 0.15) is 36.3 Å². The van der Waals surface area contributed by atoms with E-state index in [4.69, 9.17) is 14.2 Å². The molecule has 0 aromatic carbocycles. The molecule has 0 aliphatic carbocycles. The number of carbonyl (C=O) groups is 4. The fourth-order valence-corrected chi connectivity index (χ4v) is 4.40. The Morgan fingerprint density at radius 2 is 1.45 bits per heavy atom. The van der Waals surface area contributed by atoms with Crippen LogP contribution in [0.25, 0.3) is 0 Å². The number of aliphatic hydroxyl groups is 3. The zero-order chi connectivity index (χ0) is 28.5. The molecule has 0 bridgehead atoms. The number of ketones is 1. The lowest BCUT2D eigenvalue weighted by atomic mass is 9.99. The molecular weight excluding hydrogens is 500 g/mol. The fourth-order valence-electron chi connectivity index (χ4n) is 4.40. The summed E-state index contributed by atoms with van der Waals surface area (Å²) in [7, 11) is 0. The Hall–Kier alpha value is -1.92. The summed E-state index contributed by atoms with van der Waals surface area (Å²) in [6, 6.07) is 0. The molecule has 0 radical (unpaired) electrons. The predicted molar refractivity (Wildman–Crippen MR) is 136 cm³/mol. The van der Waals surface area contributed by atoms with Gasteiger partial charge in [0.15, 0.2) is 12.6 Å². The molecule has 0 aromatic heterocycles. The first-order chi connectivity index (χ1) is 18.1. The smallest absolute Gasteiger partial charge is 0.308 e. The molecule has 0 amide bonds. The summed E-state index contributed by atoms with van der Waals surface area (Å²) in [5, 5.41) is 39.5. The number of aldehydes is 1. The fraction of sp³-hybridized carbons (Fsp3) is 0.852. The molecular formula is C27H46O11. The number of aliphatic hydroxyl groups excluding tert-OH is 3. The quantitative estimate of drug-likeness (QED) is 0.0944. The third-order valence-corrected chi connectivity index (χ3v) is 6.60. The van der Waals surface area contributed by atoms with Crippen molar-refractivity contribution in [3.8, 4) is 0 Å². The van der Waals surface area contributed by atoms with Gasteiger partial charge in [0.2, 0.25) is 0 Å². The van der Waals surface area contributed by atoms with Crippen molar-refractivity contribution < 1.29 is 53.8 Å². The molecule has 38 heavy (non-hydrogen) atoms. The van der Waals surface area contributed by atoms with Gasteiger partial charge in [-0.1, -0.05) is 51.9 Å². The summed E-state index contributed by atoms with van der Waals surface area (Å²) in [6.07, 6.45) is -0.577. The van der Waals surface area contributed by atoms with Gasteiger partial charge in [-0.2, -0.15) is 0 Å². The van der Waals surface area contributed by atoms with E-state index in [2.05, 4.69) is 6.92 Å². The monoisotopic (exact) mass is 546 g/mol. The first-order valence-corrected chi connectivity index (χ1v) is 13.8. The molecule has 4 N–H and O–H groups in total. The van der Waals surface area contributed by atoms with E-state index in [9.17, 15) is 39.6 Å². The molecule has 0 spiro atoms. The Morgan fingerprint density at radius 3 is 2.03 bits per heavy atom. The van der Waals surface area contributed by atoms with Crippen LogP contribution in [-0.4, -0.2) is 87.3 Å². The van der Waals surface area contributed by atoms with Crippen LogP contribution in [-0.2, 0) is 33.4 Å². The van der Waals surface area contributed by atoms with Crippen molar-refractivity contribution in [2.45, 2.75) is 147 Å². The molecule has 1 rings (SSSR count). The number of carboxylic acid groups (broad SMARTS) is 1. The molecule has 1 aliphatic rings. The summed E-state index contributed by atoms with van der Waals surface area (Å²) in [5.74, 6) is -1.62. The van der Waals surface area contributed by atoms with Crippen molar-refractivity contribution in [2.75, 3.05) is 0 Å². The molecule has 0 aromatic rings. The number of unbranched alkanes of at least 4 members (excludes halogenated alkanes) is 7. The molecule has 1 fully saturated rings. The number of carboxylic acids is 1. The van der Waals surface area contributed by atoms with Crippen LogP contribution >= 0.6 is 0 Å². The number of hydrogen-bond donors (Lipinski definition) is 4. The number of Topliss-reactive ketones (excluding diaryl/α,β-unsaturated/α-hetero) is 1. The maximum atomic E-state index is 12.8. The van der Waals surface area contributed by atoms with Crippen molar-refractivity contribution in [2.24, 2.45) is 0 Å². The average molecular weight is 547 g/mol. The Kier molecular flexibility index (Phi) is 17.2. The van der Waals surface area contributed by atoms with Crippen LogP contribution in [0, 0.1) is 0 Å². The van der Waals surface area contributed by atoms with Gasteiger partial charge < -0.3 is 44.2 Å². The van der Waals surface area contributed by atoms with Crippen molar-refractivity contribution in [1.29, 1.82) is 0 Å². The Bertz CT molecular complexity index is 713. The van der Waals surface area contributed by atoms with Gasteiger partial charge in [-0.3, -0.25) is 9.59 Å². The minimum absolute atomic E-state index is 0.128. The van der Waals surface area contributed by atoms with E-state index in [1.165, 1.54) is 6.92 Å². The molecule has 7 atom stereocenters. The van der Waals surface area contributed by atoms with Crippen molar-refractivity contribution in [3.05, 3.63) is 0 Å². The van der Waals surface area contributed by atoms with E-state index in [0.29, 0.717) is 38.4 Å². The average Bonchev–Trinajstić information content (AvgIpc) is 2.85. The van der Waals surface area contributed by atoms with Gasteiger partial charge in [0.25, 0.3) is 0 Å². The number of esters is 1. The summed E-state index contributed by atoms with van der Waals surface area (Å²) in [6.45, 7) is 3.63. The highest BCUT2D eigenvalue weighted by atomic mass is 16.7. The molecule has 1 aliphatic heterocycles. The largest absolute Gasteiger partial charge is 0.481 e. The van der Waals surface area contributed by atoms with E-state index in [1.807, 2.05) is 0 Å². The van der Waals surface area contributed by atoms with Crippen LogP contribution in [0.4, 0.5) is 0 Å². The van der Waals surface area contributed by atoms with E-state index < -0.39 is 54.9 Å². The van der Waals surface area contributed by atoms with Gasteiger partial charge in [-0.15, -0.1) is 0 Å². The normalized spacial score (nSPS) is 24.9. The van der Waals surface area contributed by atoms with E-state index >= 15 is 0 Å². The van der Waals surface area contributed by atoms with Crippen molar-refractivity contribution >= 4 is 24.0 Å². The van der Waals surface area contributed by atoms with Crippen LogP contribution in [0.3, 0.4) is 0 Å². The summed E-state index contributed by atoms with van der Waals surface area (Å²) < 4.78 is 16.6. The highest BCUT2D eigenvalue weighted by Gasteiger charge is 2.45. The SMILES string of the molecule is CCCCCCCC(CC(=O)OC(CCCCCCC(C)=O)CC(=O)O)OC1OC(C=O)C(O)C(O)C1O. The number of ether oxygens (including phenoxy) is 3. The Labute approximate surface area is 224 Å². The highest BCUT2D eigenvalue weighted by molar-refractivity contribution is 5.75. The number of hydrogen-bond acceptors (Lipinski definition) is 10.